The van der Waals surface area contributed by atoms with E-state index in [9.17, 15) is 14.7 Å². The Morgan fingerprint density at radius 1 is 1.03 bits per heavy atom. The number of hydrogen-bond donors (Lipinski definition) is 1. The smallest absolute Gasteiger partial charge is 0.294 e. The van der Waals surface area contributed by atoms with Crippen LogP contribution in [0.1, 0.15) is 27.7 Å². The summed E-state index contributed by atoms with van der Waals surface area (Å²) in [5.41, 5.74) is 2.39. The second kappa shape index (κ2) is 8.62. The molecule has 8 heteroatoms. The first-order valence-corrected chi connectivity index (χ1v) is 11.8. The maximum Gasteiger partial charge on any atom is 0.294 e. The highest BCUT2D eigenvalue weighted by Crippen LogP contribution is 2.43. The lowest BCUT2D eigenvalue weighted by Crippen LogP contribution is -2.31. The van der Waals surface area contributed by atoms with E-state index in [1.165, 1.54) is 4.90 Å². The predicted molar refractivity (Wildman–Crippen MR) is 136 cm³/mol. The van der Waals surface area contributed by atoms with Gasteiger partial charge in [-0.25, -0.2) is 0 Å². The van der Waals surface area contributed by atoms with Crippen LogP contribution in [0.4, 0.5) is 5.69 Å². The summed E-state index contributed by atoms with van der Waals surface area (Å²) in [4.78, 5) is 28.3. The minimum Gasteiger partial charge on any atom is -0.503 e. The van der Waals surface area contributed by atoms with Gasteiger partial charge in [-0.05, 0) is 66.6 Å². The molecule has 1 aromatic heterocycles. The zero-order chi connectivity index (χ0) is 24.1. The maximum absolute atomic E-state index is 13.7. The molecule has 2 heterocycles. The molecule has 3 aromatic carbocycles. The van der Waals surface area contributed by atoms with E-state index < -0.39 is 23.5 Å². The lowest BCUT2D eigenvalue weighted by atomic mass is 9.94. The molecule has 1 atom stereocenters. The van der Waals surface area contributed by atoms with Crippen LogP contribution in [0.5, 0.6) is 0 Å². The van der Waals surface area contributed by atoms with Gasteiger partial charge in [0.2, 0.25) is 5.78 Å². The number of nitrogens with zero attached hydrogens (tertiary/aromatic N) is 1. The van der Waals surface area contributed by atoms with Crippen molar-refractivity contribution in [2.24, 2.45) is 0 Å². The number of furan rings is 1. The van der Waals surface area contributed by atoms with Crippen LogP contribution in [0.15, 0.2) is 87.0 Å². The molecule has 1 aliphatic rings. The van der Waals surface area contributed by atoms with Gasteiger partial charge >= 0.3 is 0 Å². The zero-order valence-corrected chi connectivity index (χ0v) is 20.8. The van der Waals surface area contributed by atoms with Gasteiger partial charge in [0, 0.05) is 15.5 Å². The van der Waals surface area contributed by atoms with Crippen molar-refractivity contribution < 1.29 is 19.1 Å². The van der Waals surface area contributed by atoms with E-state index in [-0.39, 0.29) is 16.4 Å². The average molecular weight is 557 g/mol. The summed E-state index contributed by atoms with van der Waals surface area (Å²) >= 11 is 15.8. The molecule has 1 amide bonds. The molecule has 0 spiro atoms. The largest absolute Gasteiger partial charge is 0.503 e. The normalized spacial score (nSPS) is 16.1. The number of amides is 1. The fourth-order valence-electron chi connectivity index (χ4n) is 4.14. The fraction of sp³-hybridized carbons (Fsp3) is 0.0769. The summed E-state index contributed by atoms with van der Waals surface area (Å²) in [6.07, 6.45) is 0. The third-order valence-electron chi connectivity index (χ3n) is 5.69. The molecule has 0 radical (unpaired) electrons. The molecule has 0 fully saturated rings. The number of hydrogen-bond acceptors (Lipinski definition) is 4. The number of carbonyl (C=O) groups excluding carboxylic acids is 2. The molecular weight excluding hydrogens is 541 g/mol. The predicted octanol–water partition coefficient (Wildman–Crippen LogP) is 7.59. The number of fused-ring (bicyclic) bond motifs is 1. The van der Waals surface area contributed by atoms with E-state index in [0.29, 0.717) is 27.2 Å². The molecule has 1 aliphatic heterocycles. The molecule has 1 N–H and O–H groups in total. The number of halogens is 3. The molecule has 0 saturated heterocycles. The number of carbonyl (C=O) groups is 2. The molecule has 0 saturated carbocycles. The Labute approximate surface area is 213 Å². The van der Waals surface area contributed by atoms with E-state index in [4.69, 9.17) is 27.6 Å². The first kappa shape index (κ1) is 22.7. The first-order valence-electron chi connectivity index (χ1n) is 10.3. The van der Waals surface area contributed by atoms with Gasteiger partial charge in [-0.3, -0.25) is 14.5 Å². The lowest BCUT2D eigenvalue weighted by Gasteiger charge is -2.27. The fourth-order valence-corrected chi connectivity index (χ4v) is 4.82. The van der Waals surface area contributed by atoms with Crippen LogP contribution in [0.2, 0.25) is 10.0 Å². The Bertz CT molecular complexity index is 1520. The van der Waals surface area contributed by atoms with Gasteiger partial charge in [-0.2, -0.15) is 0 Å². The quantitative estimate of drug-likeness (QED) is 0.263. The van der Waals surface area contributed by atoms with Crippen LogP contribution in [0, 0.1) is 6.92 Å². The van der Waals surface area contributed by atoms with Crippen LogP contribution < -0.4 is 4.90 Å². The highest BCUT2D eigenvalue weighted by molar-refractivity contribution is 9.10. The number of anilines is 1. The van der Waals surface area contributed by atoms with Crippen molar-refractivity contribution in [1.29, 1.82) is 0 Å². The van der Waals surface area contributed by atoms with E-state index in [1.807, 2.05) is 25.1 Å². The van der Waals surface area contributed by atoms with Crippen molar-refractivity contribution >= 4 is 67.5 Å². The molecule has 5 nitrogen and oxygen atoms in total. The summed E-state index contributed by atoms with van der Waals surface area (Å²) in [6.45, 7) is 1.89. The SMILES string of the molecule is Cc1cccc(N2C(=O)C(O)=C(C(=O)c3cc4cc(Br)ccc4o3)C2c2ccc(Cl)c(Cl)c2)c1. The molecule has 5 rings (SSSR count). The second-order valence-corrected chi connectivity index (χ2v) is 9.70. The van der Waals surface area contributed by atoms with Gasteiger partial charge in [0.05, 0.1) is 21.7 Å². The Balaban J connectivity index is 1.68. The highest BCUT2D eigenvalue weighted by Gasteiger charge is 2.45. The number of Topliss-reactive ketones (excluding diaryl/α,β-unsaturated/α-hetero) is 1. The van der Waals surface area contributed by atoms with E-state index in [0.717, 1.165) is 10.0 Å². The Kier molecular flexibility index (Phi) is 5.76. The molecule has 4 aromatic rings. The van der Waals surface area contributed by atoms with E-state index in [2.05, 4.69) is 15.9 Å². The third-order valence-corrected chi connectivity index (χ3v) is 6.93. The topological polar surface area (TPSA) is 70.8 Å². The minimum atomic E-state index is -0.934. The number of aryl methyl sites for hydroxylation is 1. The number of ketones is 1. The van der Waals surface area contributed by atoms with Crippen LogP contribution >= 0.6 is 39.1 Å². The van der Waals surface area contributed by atoms with Crippen molar-refractivity contribution in [2.75, 3.05) is 4.90 Å². The highest BCUT2D eigenvalue weighted by atomic mass is 79.9. The summed E-state index contributed by atoms with van der Waals surface area (Å²) in [5.74, 6) is -1.91. The molecular formula is C26H16BrCl2NO4. The number of aliphatic hydroxyl groups is 1. The van der Waals surface area contributed by atoms with Gasteiger partial charge in [0.15, 0.2) is 11.5 Å². The van der Waals surface area contributed by atoms with Crippen LogP contribution in [0.25, 0.3) is 11.0 Å². The lowest BCUT2D eigenvalue weighted by molar-refractivity contribution is -0.117. The Hall–Kier alpha value is -3.06. The standard InChI is InChI=1S/C26H16BrCl2NO4/c1-13-3-2-4-17(9-13)30-23(14-5-7-18(28)19(29)11-14)22(25(32)26(30)33)24(31)21-12-15-10-16(27)6-8-20(15)34-21/h2-12,23,32H,1H3. The average Bonchev–Trinajstić information content (AvgIpc) is 3.34. The van der Waals surface area contributed by atoms with Crippen molar-refractivity contribution in [2.45, 2.75) is 13.0 Å². The van der Waals surface area contributed by atoms with Gasteiger partial charge < -0.3 is 9.52 Å². The van der Waals surface area contributed by atoms with Crippen LogP contribution in [0.3, 0.4) is 0 Å². The van der Waals surface area contributed by atoms with E-state index >= 15 is 0 Å². The zero-order valence-electron chi connectivity index (χ0n) is 17.7. The monoisotopic (exact) mass is 555 g/mol. The second-order valence-electron chi connectivity index (χ2n) is 7.97. The van der Waals surface area contributed by atoms with E-state index in [1.54, 1.807) is 48.5 Å². The van der Waals surface area contributed by atoms with Crippen molar-refractivity contribution in [1.82, 2.24) is 0 Å². The number of aliphatic hydroxyl groups excluding tert-OH is 1. The summed E-state index contributed by atoms with van der Waals surface area (Å²) in [5, 5.41) is 12.2. The van der Waals surface area contributed by atoms with Crippen molar-refractivity contribution in [3.05, 3.63) is 109 Å². The van der Waals surface area contributed by atoms with Crippen LogP contribution in [-0.4, -0.2) is 16.8 Å². The molecule has 0 aliphatic carbocycles. The Morgan fingerprint density at radius 2 is 1.82 bits per heavy atom. The summed E-state index contributed by atoms with van der Waals surface area (Å²) in [7, 11) is 0. The van der Waals surface area contributed by atoms with Gasteiger partial charge in [0.25, 0.3) is 5.91 Å². The molecule has 1 unspecified atom stereocenters. The van der Waals surface area contributed by atoms with Crippen LogP contribution in [-0.2, 0) is 4.79 Å². The van der Waals surface area contributed by atoms with Crippen molar-refractivity contribution in [3.8, 4) is 0 Å². The maximum atomic E-state index is 13.7. The number of rotatable bonds is 4. The molecule has 170 valence electrons. The van der Waals surface area contributed by atoms with Gasteiger partial charge in [-0.1, -0.05) is 57.3 Å². The number of benzene rings is 3. The Morgan fingerprint density at radius 3 is 2.56 bits per heavy atom. The van der Waals surface area contributed by atoms with Gasteiger partial charge in [0.1, 0.15) is 5.58 Å². The third kappa shape index (κ3) is 3.82. The van der Waals surface area contributed by atoms with Gasteiger partial charge in [-0.15, -0.1) is 0 Å². The molecule has 34 heavy (non-hydrogen) atoms. The summed E-state index contributed by atoms with van der Waals surface area (Å²) < 4.78 is 6.61. The molecule has 0 bridgehead atoms. The van der Waals surface area contributed by atoms with Crippen molar-refractivity contribution in [3.63, 3.8) is 0 Å². The summed E-state index contributed by atoms with van der Waals surface area (Å²) in [6, 6.07) is 18.1. The first-order chi connectivity index (χ1) is 16.2. The minimum absolute atomic E-state index is 0.0126.